The minimum Gasteiger partial charge on any atom is -0.294 e. The van der Waals surface area contributed by atoms with E-state index in [2.05, 4.69) is 84.7 Å². The van der Waals surface area contributed by atoms with E-state index in [4.69, 9.17) is 0 Å². The molecule has 0 aliphatic heterocycles. The largest absolute Gasteiger partial charge is 0.294 e. The van der Waals surface area contributed by atoms with E-state index >= 15 is 0 Å². The maximum absolute atomic E-state index is 13.4. The van der Waals surface area contributed by atoms with Gasteiger partial charge < -0.3 is 0 Å². The summed E-state index contributed by atoms with van der Waals surface area (Å²) in [6.45, 7) is 0. The number of carbonyl (C=O) groups excluding carboxylic acids is 2. The zero-order chi connectivity index (χ0) is 27.6. The third-order valence-electron chi connectivity index (χ3n) is 7.16. The Morgan fingerprint density at radius 3 is 1.10 bits per heavy atom. The fraction of sp³-hybridized carbons (Fsp3) is 0.0811. The first-order valence-corrected chi connectivity index (χ1v) is 15.4. The number of benzene rings is 5. The summed E-state index contributed by atoms with van der Waals surface area (Å²) in [5.41, 5.74) is 1.34. The van der Waals surface area contributed by atoms with Crippen molar-refractivity contribution in [3.63, 3.8) is 0 Å². The van der Waals surface area contributed by atoms with E-state index < -0.39 is 7.26 Å². The Balaban J connectivity index is 1.61. The van der Waals surface area contributed by atoms with Gasteiger partial charge in [-0.1, -0.05) is 115 Å². The lowest BCUT2D eigenvalue weighted by atomic mass is 9.92. The van der Waals surface area contributed by atoms with Gasteiger partial charge in [-0.05, 0) is 48.4 Å². The second kappa shape index (κ2) is 13.1. The average molecular weight is 540 g/mol. The van der Waals surface area contributed by atoms with Crippen LogP contribution >= 0.6 is 7.26 Å². The lowest BCUT2D eigenvalue weighted by Crippen LogP contribution is -2.29. The van der Waals surface area contributed by atoms with Gasteiger partial charge in [0, 0.05) is 24.0 Å². The number of rotatable bonds is 11. The maximum Gasteiger partial charge on any atom is 0.163 e. The molecule has 0 saturated heterocycles. The van der Waals surface area contributed by atoms with Crippen LogP contribution in [0.15, 0.2) is 164 Å². The number of ketones is 2. The first-order chi connectivity index (χ1) is 19.7. The number of allylic oxidation sites excluding steroid dienone is 1. The average Bonchev–Trinajstić information content (AvgIpc) is 3.03. The fourth-order valence-corrected chi connectivity index (χ4v) is 8.95. The monoisotopic (exact) mass is 539 g/mol. The van der Waals surface area contributed by atoms with Gasteiger partial charge in [-0.15, -0.1) is 0 Å². The number of Topliss-reactive ketones (excluding diaryl/α,β-unsaturated/α-hetero) is 2. The topological polar surface area (TPSA) is 34.1 Å². The molecule has 196 valence electrons. The van der Waals surface area contributed by atoms with Crippen LogP contribution < -0.4 is 15.9 Å². The number of hydrogen-bond donors (Lipinski definition) is 0. The van der Waals surface area contributed by atoms with E-state index in [9.17, 15) is 9.59 Å². The molecule has 0 amide bonds. The molecule has 0 spiro atoms. The third kappa shape index (κ3) is 6.25. The van der Waals surface area contributed by atoms with Crippen LogP contribution in [-0.4, -0.2) is 11.6 Å². The van der Waals surface area contributed by atoms with Crippen LogP contribution in [0, 0.1) is 5.92 Å². The van der Waals surface area contributed by atoms with Crippen molar-refractivity contribution in [2.45, 2.75) is 12.8 Å². The van der Waals surface area contributed by atoms with Gasteiger partial charge in [0.05, 0.1) is 5.82 Å². The fourth-order valence-electron chi connectivity index (χ4n) is 5.11. The van der Waals surface area contributed by atoms with E-state index in [1.807, 2.05) is 78.9 Å². The van der Waals surface area contributed by atoms with Crippen LogP contribution in [0.3, 0.4) is 0 Å². The van der Waals surface area contributed by atoms with Gasteiger partial charge in [0.15, 0.2) is 11.6 Å². The van der Waals surface area contributed by atoms with Crippen LogP contribution in [0.25, 0.3) is 0 Å². The Hall–Kier alpha value is -4.39. The van der Waals surface area contributed by atoms with Gasteiger partial charge >= 0.3 is 0 Å². The molecule has 0 N–H and O–H groups in total. The Bertz CT molecular complexity index is 1400. The molecule has 0 radical (unpaired) electrons. The molecule has 0 aromatic heterocycles. The molecule has 0 bridgehead atoms. The van der Waals surface area contributed by atoms with Gasteiger partial charge in [0.2, 0.25) is 0 Å². The van der Waals surface area contributed by atoms with Crippen molar-refractivity contribution < 1.29 is 9.59 Å². The molecular formula is C37H32O2P+. The summed E-state index contributed by atoms with van der Waals surface area (Å²) in [6, 6.07) is 50.5. The van der Waals surface area contributed by atoms with Crippen LogP contribution in [0.1, 0.15) is 33.6 Å². The van der Waals surface area contributed by atoms with Gasteiger partial charge in [0.25, 0.3) is 0 Å². The first-order valence-electron chi connectivity index (χ1n) is 13.6. The zero-order valence-corrected chi connectivity index (χ0v) is 23.2. The van der Waals surface area contributed by atoms with E-state index in [-0.39, 0.29) is 30.3 Å². The van der Waals surface area contributed by atoms with Gasteiger partial charge in [-0.2, -0.15) is 0 Å². The highest BCUT2D eigenvalue weighted by Gasteiger charge is 2.43. The second-order valence-electron chi connectivity index (χ2n) is 9.82. The van der Waals surface area contributed by atoms with Crippen molar-refractivity contribution in [2.24, 2.45) is 5.92 Å². The third-order valence-corrected chi connectivity index (χ3v) is 11.1. The van der Waals surface area contributed by atoms with Crippen molar-refractivity contribution >= 4 is 34.7 Å². The molecule has 5 aromatic carbocycles. The highest BCUT2D eigenvalue weighted by Crippen LogP contribution is 2.57. The van der Waals surface area contributed by atoms with Crippen LogP contribution in [0.4, 0.5) is 0 Å². The second-order valence-corrected chi connectivity index (χ2v) is 13.1. The van der Waals surface area contributed by atoms with Gasteiger partial charge in [0.1, 0.15) is 23.2 Å². The Morgan fingerprint density at radius 1 is 0.475 bits per heavy atom. The van der Waals surface area contributed by atoms with Crippen LogP contribution in [-0.2, 0) is 0 Å². The molecule has 40 heavy (non-hydrogen) atoms. The maximum atomic E-state index is 13.4. The van der Waals surface area contributed by atoms with Crippen molar-refractivity contribution in [3.8, 4) is 0 Å². The molecule has 0 fully saturated rings. The van der Waals surface area contributed by atoms with Crippen LogP contribution in [0.2, 0.25) is 0 Å². The van der Waals surface area contributed by atoms with Gasteiger partial charge in [-0.3, -0.25) is 9.59 Å². The smallest absolute Gasteiger partial charge is 0.163 e. The summed E-state index contributed by atoms with van der Waals surface area (Å²) >= 11 is 0. The zero-order valence-electron chi connectivity index (χ0n) is 22.3. The van der Waals surface area contributed by atoms with E-state index in [0.717, 1.165) is 0 Å². The quantitative estimate of drug-likeness (QED) is 0.128. The summed E-state index contributed by atoms with van der Waals surface area (Å²) in [6.07, 6.45) is 2.66. The summed E-state index contributed by atoms with van der Waals surface area (Å²) in [7, 11) is -2.24. The molecule has 0 unspecified atom stereocenters. The molecule has 0 heterocycles. The lowest BCUT2D eigenvalue weighted by molar-refractivity contribution is 0.0936. The van der Waals surface area contributed by atoms with Crippen molar-refractivity contribution in [1.82, 2.24) is 0 Å². The SMILES string of the molecule is O=C(CC(/C=C/[P+](c1ccccc1)(c1ccccc1)c1ccccc1)CC(=O)c1ccccc1)c1ccccc1. The summed E-state index contributed by atoms with van der Waals surface area (Å²) in [5.74, 6) is 2.14. The van der Waals surface area contributed by atoms with Crippen molar-refractivity contribution in [2.75, 3.05) is 0 Å². The summed E-state index contributed by atoms with van der Waals surface area (Å²) in [4.78, 5) is 26.7. The number of hydrogen-bond acceptors (Lipinski definition) is 2. The molecule has 5 aromatic rings. The molecule has 0 aliphatic rings. The molecule has 2 nitrogen and oxygen atoms in total. The summed E-state index contributed by atoms with van der Waals surface area (Å²) in [5, 5.41) is 3.68. The van der Waals surface area contributed by atoms with E-state index in [1.54, 1.807) is 0 Å². The first kappa shape index (κ1) is 27.2. The van der Waals surface area contributed by atoms with Crippen LogP contribution in [0.5, 0.6) is 0 Å². The predicted molar refractivity (Wildman–Crippen MR) is 169 cm³/mol. The standard InChI is InChI=1S/C37H32O2P/c38-36(31-16-6-1-7-17-31)28-30(29-37(39)32-18-8-2-9-19-32)26-27-40(33-20-10-3-11-21-33,34-22-12-4-13-23-34)35-24-14-5-15-25-35/h1-27,30H,28-29H2/q+1/b27-26+. The van der Waals surface area contributed by atoms with Crippen molar-refractivity contribution in [3.05, 3.63) is 175 Å². The highest BCUT2D eigenvalue weighted by molar-refractivity contribution is 7.98. The molecule has 0 atom stereocenters. The predicted octanol–water partition coefficient (Wildman–Crippen LogP) is 7.66. The minimum absolute atomic E-state index is 0.0409. The van der Waals surface area contributed by atoms with E-state index in [0.29, 0.717) is 11.1 Å². The van der Waals surface area contributed by atoms with Crippen molar-refractivity contribution in [1.29, 1.82) is 0 Å². The number of carbonyl (C=O) groups is 2. The Labute approximate surface area is 237 Å². The molecule has 0 aliphatic carbocycles. The Kier molecular flexibility index (Phi) is 8.91. The molecule has 5 rings (SSSR count). The highest BCUT2D eigenvalue weighted by atomic mass is 31.2. The van der Waals surface area contributed by atoms with Gasteiger partial charge in [-0.25, -0.2) is 0 Å². The summed E-state index contributed by atoms with van der Waals surface area (Å²) < 4.78 is 0. The normalized spacial score (nSPS) is 11.5. The lowest BCUT2D eigenvalue weighted by Gasteiger charge is -2.25. The Morgan fingerprint density at radius 2 is 0.775 bits per heavy atom. The molecule has 3 heteroatoms. The molecular weight excluding hydrogens is 507 g/mol. The van der Waals surface area contributed by atoms with E-state index in [1.165, 1.54) is 15.9 Å². The molecule has 0 saturated carbocycles. The minimum atomic E-state index is -2.24.